The number of rotatable bonds is 5. The molecule has 0 amide bonds. The molecular weight excluding hydrogens is 242 g/mol. The highest BCUT2D eigenvalue weighted by Crippen LogP contribution is 2.29. The molecule has 4 nitrogen and oxygen atoms in total. The van der Waals surface area contributed by atoms with Crippen molar-refractivity contribution in [2.45, 2.75) is 25.8 Å². The Bertz CT molecular complexity index is 430. The number of carbonyl (C=O) groups is 1. The van der Waals surface area contributed by atoms with Crippen molar-refractivity contribution in [2.75, 3.05) is 20.2 Å². The summed E-state index contributed by atoms with van der Waals surface area (Å²) < 4.78 is 5.16. The molecule has 104 valence electrons. The van der Waals surface area contributed by atoms with Crippen molar-refractivity contribution >= 4 is 5.97 Å². The Morgan fingerprint density at radius 2 is 2.16 bits per heavy atom. The first kappa shape index (κ1) is 13.9. The summed E-state index contributed by atoms with van der Waals surface area (Å²) in [6, 6.07) is 8.42. The van der Waals surface area contributed by atoms with Gasteiger partial charge in [-0.15, -0.1) is 0 Å². The molecule has 4 heteroatoms. The Balaban J connectivity index is 1.96. The van der Waals surface area contributed by atoms with Crippen LogP contribution in [0.2, 0.25) is 0 Å². The van der Waals surface area contributed by atoms with Gasteiger partial charge in [0.15, 0.2) is 0 Å². The standard InChI is InChI=1S/C15H21NO3/c1-11(13-3-5-14(19-2)6-4-13)16-8-7-12(10-16)9-15(17)18/h3-6,11-12H,7-10H2,1-2H3,(H,17,18). The molecule has 2 unspecified atom stereocenters. The largest absolute Gasteiger partial charge is 0.497 e. The van der Waals surface area contributed by atoms with Gasteiger partial charge in [-0.3, -0.25) is 9.69 Å². The van der Waals surface area contributed by atoms with Crippen molar-refractivity contribution in [3.63, 3.8) is 0 Å². The SMILES string of the molecule is COc1ccc(C(C)N2CCC(CC(=O)O)C2)cc1. The molecule has 0 saturated carbocycles. The smallest absolute Gasteiger partial charge is 0.303 e. The molecule has 2 atom stereocenters. The lowest BCUT2D eigenvalue weighted by Gasteiger charge is -2.24. The van der Waals surface area contributed by atoms with E-state index in [0.717, 1.165) is 25.3 Å². The van der Waals surface area contributed by atoms with E-state index in [0.29, 0.717) is 6.04 Å². The molecule has 0 aliphatic carbocycles. The van der Waals surface area contributed by atoms with Crippen LogP contribution in [-0.4, -0.2) is 36.2 Å². The summed E-state index contributed by atoms with van der Waals surface area (Å²) >= 11 is 0. The Kier molecular flexibility index (Phi) is 4.43. The third kappa shape index (κ3) is 3.47. The van der Waals surface area contributed by atoms with Gasteiger partial charge in [-0.25, -0.2) is 0 Å². The van der Waals surface area contributed by atoms with Crippen molar-refractivity contribution in [2.24, 2.45) is 5.92 Å². The number of aliphatic carboxylic acids is 1. The highest BCUT2D eigenvalue weighted by Gasteiger charge is 2.28. The molecule has 0 spiro atoms. The minimum absolute atomic E-state index is 0.284. The van der Waals surface area contributed by atoms with Crippen LogP contribution in [0.1, 0.15) is 31.4 Å². The van der Waals surface area contributed by atoms with Crippen LogP contribution in [0.25, 0.3) is 0 Å². The lowest BCUT2D eigenvalue weighted by Crippen LogP contribution is -2.25. The van der Waals surface area contributed by atoms with Gasteiger partial charge in [-0.1, -0.05) is 12.1 Å². The van der Waals surface area contributed by atoms with Crippen LogP contribution in [0, 0.1) is 5.92 Å². The van der Waals surface area contributed by atoms with Gasteiger partial charge in [-0.05, 0) is 43.5 Å². The monoisotopic (exact) mass is 263 g/mol. The lowest BCUT2D eigenvalue weighted by molar-refractivity contribution is -0.138. The minimum Gasteiger partial charge on any atom is -0.497 e. The molecule has 1 saturated heterocycles. The predicted octanol–water partition coefficient (Wildman–Crippen LogP) is 2.55. The number of nitrogens with zero attached hydrogens (tertiary/aromatic N) is 1. The number of hydrogen-bond acceptors (Lipinski definition) is 3. The first-order valence-electron chi connectivity index (χ1n) is 6.70. The maximum absolute atomic E-state index is 10.7. The summed E-state index contributed by atoms with van der Waals surface area (Å²) in [7, 11) is 1.66. The molecule has 1 aromatic rings. The van der Waals surface area contributed by atoms with Gasteiger partial charge in [-0.2, -0.15) is 0 Å². The Labute approximate surface area is 114 Å². The van der Waals surface area contributed by atoms with E-state index in [2.05, 4.69) is 24.0 Å². The number of carboxylic acids is 1. The summed E-state index contributed by atoms with van der Waals surface area (Å²) in [6.07, 6.45) is 1.26. The molecule has 2 rings (SSSR count). The minimum atomic E-state index is -0.691. The van der Waals surface area contributed by atoms with Crippen LogP contribution in [-0.2, 0) is 4.79 Å². The van der Waals surface area contributed by atoms with Gasteiger partial charge in [0, 0.05) is 19.0 Å². The van der Waals surface area contributed by atoms with Gasteiger partial charge in [0.1, 0.15) is 5.75 Å². The number of likely N-dealkylation sites (tertiary alicyclic amines) is 1. The normalized spacial score (nSPS) is 21.3. The van der Waals surface area contributed by atoms with Gasteiger partial charge in [0.05, 0.1) is 7.11 Å². The topological polar surface area (TPSA) is 49.8 Å². The predicted molar refractivity (Wildman–Crippen MR) is 73.3 cm³/mol. The molecule has 0 bridgehead atoms. The molecule has 0 aromatic heterocycles. The van der Waals surface area contributed by atoms with Gasteiger partial charge >= 0.3 is 5.97 Å². The van der Waals surface area contributed by atoms with Crippen molar-refractivity contribution in [3.05, 3.63) is 29.8 Å². The van der Waals surface area contributed by atoms with Crippen molar-refractivity contribution < 1.29 is 14.6 Å². The number of hydrogen-bond donors (Lipinski definition) is 1. The molecule has 1 fully saturated rings. The third-order valence-corrected chi connectivity index (χ3v) is 3.93. The Morgan fingerprint density at radius 1 is 1.47 bits per heavy atom. The van der Waals surface area contributed by atoms with Crippen LogP contribution in [0.15, 0.2) is 24.3 Å². The number of benzene rings is 1. The molecule has 0 radical (unpaired) electrons. The first-order chi connectivity index (χ1) is 9.10. The lowest BCUT2D eigenvalue weighted by atomic mass is 10.0. The third-order valence-electron chi connectivity index (χ3n) is 3.93. The number of methoxy groups -OCH3 is 1. The van der Waals surface area contributed by atoms with Crippen molar-refractivity contribution in [3.8, 4) is 5.75 Å². The molecule has 19 heavy (non-hydrogen) atoms. The first-order valence-corrected chi connectivity index (χ1v) is 6.70. The summed E-state index contributed by atoms with van der Waals surface area (Å²) in [5.41, 5.74) is 1.25. The fourth-order valence-corrected chi connectivity index (χ4v) is 2.72. The van der Waals surface area contributed by atoms with E-state index in [1.807, 2.05) is 12.1 Å². The van der Waals surface area contributed by atoms with Crippen LogP contribution in [0.5, 0.6) is 5.75 Å². The van der Waals surface area contributed by atoms with Crippen LogP contribution >= 0.6 is 0 Å². The molecule has 1 heterocycles. The summed E-state index contributed by atoms with van der Waals surface area (Å²) in [5.74, 6) is 0.461. The van der Waals surface area contributed by atoms with Gasteiger partial charge in [0.25, 0.3) is 0 Å². The maximum Gasteiger partial charge on any atom is 0.303 e. The van der Waals surface area contributed by atoms with E-state index in [4.69, 9.17) is 9.84 Å². The quantitative estimate of drug-likeness (QED) is 0.887. The van der Waals surface area contributed by atoms with Gasteiger partial charge in [0.2, 0.25) is 0 Å². The second kappa shape index (κ2) is 6.06. The fourth-order valence-electron chi connectivity index (χ4n) is 2.72. The molecular formula is C15H21NO3. The van der Waals surface area contributed by atoms with E-state index in [1.54, 1.807) is 7.11 Å². The molecule has 1 aliphatic heterocycles. The zero-order chi connectivity index (χ0) is 13.8. The second-order valence-electron chi connectivity index (χ2n) is 5.20. The van der Waals surface area contributed by atoms with Crippen molar-refractivity contribution in [1.29, 1.82) is 0 Å². The van der Waals surface area contributed by atoms with E-state index in [9.17, 15) is 4.79 Å². The molecule has 1 N–H and O–H groups in total. The fraction of sp³-hybridized carbons (Fsp3) is 0.533. The Hall–Kier alpha value is -1.55. The average molecular weight is 263 g/mol. The number of ether oxygens (including phenoxy) is 1. The zero-order valence-electron chi connectivity index (χ0n) is 11.5. The summed E-state index contributed by atoms with van der Waals surface area (Å²) in [6.45, 7) is 4.02. The van der Waals surface area contributed by atoms with Crippen LogP contribution in [0.4, 0.5) is 0 Å². The molecule has 1 aromatic carbocycles. The Morgan fingerprint density at radius 3 is 2.74 bits per heavy atom. The highest BCUT2D eigenvalue weighted by molar-refractivity contribution is 5.67. The second-order valence-corrected chi connectivity index (χ2v) is 5.20. The summed E-state index contributed by atoms with van der Waals surface area (Å²) in [4.78, 5) is 13.1. The highest BCUT2D eigenvalue weighted by atomic mass is 16.5. The maximum atomic E-state index is 10.7. The number of carboxylic acid groups (broad SMARTS) is 1. The van der Waals surface area contributed by atoms with E-state index < -0.39 is 5.97 Å². The summed E-state index contributed by atoms with van der Waals surface area (Å²) in [5, 5.41) is 8.84. The van der Waals surface area contributed by atoms with E-state index in [-0.39, 0.29) is 12.3 Å². The van der Waals surface area contributed by atoms with E-state index >= 15 is 0 Å². The molecule has 1 aliphatic rings. The average Bonchev–Trinajstić information content (AvgIpc) is 2.85. The van der Waals surface area contributed by atoms with E-state index in [1.165, 1.54) is 5.56 Å². The zero-order valence-corrected chi connectivity index (χ0v) is 11.5. The van der Waals surface area contributed by atoms with Crippen molar-refractivity contribution in [1.82, 2.24) is 4.90 Å². The van der Waals surface area contributed by atoms with Crippen LogP contribution in [0.3, 0.4) is 0 Å². The van der Waals surface area contributed by atoms with Gasteiger partial charge < -0.3 is 9.84 Å². The van der Waals surface area contributed by atoms with Crippen LogP contribution < -0.4 is 4.74 Å².